The Hall–Kier alpha value is -2.32. The Balaban J connectivity index is 2.53. The molecule has 1 aromatic heterocycles. The fraction of sp³-hybridized carbons (Fsp3) is 0.231. The molecule has 0 aliphatic heterocycles. The summed E-state index contributed by atoms with van der Waals surface area (Å²) < 4.78 is 6.32. The van der Waals surface area contributed by atoms with E-state index < -0.39 is 22.2 Å². The van der Waals surface area contributed by atoms with Crippen LogP contribution >= 0.6 is 23.2 Å². The summed E-state index contributed by atoms with van der Waals surface area (Å²) in [5.41, 5.74) is -1.57. The number of nitro groups is 1. The molecule has 1 aromatic carbocycles. The minimum Gasteiger partial charge on any atom is -0.447 e. The number of nitrogens with one attached hydrogen (secondary N) is 1. The molecular formula is C13H11Cl2N3O5. The monoisotopic (exact) mass is 359 g/mol. The van der Waals surface area contributed by atoms with Gasteiger partial charge in [0, 0.05) is 18.2 Å². The van der Waals surface area contributed by atoms with Crippen molar-refractivity contribution < 1.29 is 9.66 Å². The first kappa shape index (κ1) is 17.0. The predicted octanol–water partition coefficient (Wildman–Crippen LogP) is 3.12. The lowest BCUT2D eigenvalue weighted by molar-refractivity contribution is -0.384. The minimum absolute atomic E-state index is 0.113. The second-order valence-corrected chi connectivity index (χ2v) is 5.64. The minimum atomic E-state index is -0.672. The summed E-state index contributed by atoms with van der Waals surface area (Å²) in [7, 11) is 0. The van der Waals surface area contributed by atoms with Gasteiger partial charge in [-0.15, -0.1) is 0 Å². The number of nitrogens with zero attached hydrogens (tertiary/aromatic N) is 2. The number of rotatable bonds is 4. The summed E-state index contributed by atoms with van der Waals surface area (Å²) in [4.78, 5) is 36.4. The first-order chi connectivity index (χ1) is 10.7. The molecule has 1 N–H and O–H groups in total. The highest BCUT2D eigenvalue weighted by molar-refractivity contribution is 6.37. The van der Waals surface area contributed by atoms with Crippen molar-refractivity contribution in [2.75, 3.05) is 0 Å². The van der Waals surface area contributed by atoms with Crippen LogP contribution in [-0.4, -0.2) is 14.5 Å². The van der Waals surface area contributed by atoms with Crippen LogP contribution in [0.3, 0.4) is 0 Å². The fourth-order valence-corrected chi connectivity index (χ4v) is 2.42. The van der Waals surface area contributed by atoms with E-state index in [0.29, 0.717) is 0 Å². The third-order valence-electron chi connectivity index (χ3n) is 2.90. The third-order valence-corrected chi connectivity index (χ3v) is 3.46. The summed E-state index contributed by atoms with van der Waals surface area (Å²) in [5, 5.41) is 10.5. The van der Waals surface area contributed by atoms with Gasteiger partial charge in [-0.05, 0) is 13.8 Å². The zero-order valence-electron chi connectivity index (χ0n) is 12.0. The molecule has 2 rings (SSSR count). The topological polar surface area (TPSA) is 107 Å². The van der Waals surface area contributed by atoms with Gasteiger partial charge < -0.3 is 9.72 Å². The van der Waals surface area contributed by atoms with Gasteiger partial charge in [-0.1, -0.05) is 23.2 Å². The van der Waals surface area contributed by atoms with E-state index in [0.717, 1.165) is 22.9 Å². The van der Waals surface area contributed by atoms with Gasteiger partial charge in [0.2, 0.25) is 5.75 Å². The summed E-state index contributed by atoms with van der Waals surface area (Å²) in [5.74, 6) is -0.325. The molecule has 1 heterocycles. The van der Waals surface area contributed by atoms with Gasteiger partial charge in [0.05, 0.1) is 21.2 Å². The zero-order valence-corrected chi connectivity index (χ0v) is 13.5. The van der Waals surface area contributed by atoms with Crippen LogP contribution in [0.2, 0.25) is 10.0 Å². The van der Waals surface area contributed by atoms with Crippen molar-refractivity contribution >= 4 is 28.9 Å². The maximum Gasteiger partial charge on any atom is 0.328 e. The zero-order chi connectivity index (χ0) is 17.3. The van der Waals surface area contributed by atoms with Crippen LogP contribution in [0.1, 0.15) is 19.9 Å². The van der Waals surface area contributed by atoms with Crippen molar-refractivity contribution in [3.8, 4) is 11.5 Å². The number of H-pyrrole nitrogens is 1. The van der Waals surface area contributed by atoms with Crippen LogP contribution in [0.4, 0.5) is 5.69 Å². The molecule has 10 heteroatoms. The van der Waals surface area contributed by atoms with Crippen LogP contribution in [0, 0.1) is 10.1 Å². The number of ether oxygens (including phenoxy) is 1. The summed E-state index contributed by atoms with van der Waals surface area (Å²) >= 11 is 11.8. The van der Waals surface area contributed by atoms with Crippen molar-refractivity contribution in [3.63, 3.8) is 0 Å². The number of hydrogen-bond acceptors (Lipinski definition) is 5. The maximum atomic E-state index is 12.3. The van der Waals surface area contributed by atoms with Crippen molar-refractivity contribution in [1.29, 1.82) is 0 Å². The van der Waals surface area contributed by atoms with Gasteiger partial charge in [-0.25, -0.2) is 4.79 Å². The van der Waals surface area contributed by atoms with E-state index in [1.165, 1.54) is 0 Å². The van der Waals surface area contributed by atoms with Crippen LogP contribution in [0.15, 0.2) is 27.9 Å². The Morgan fingerprint density at radius 3 is 2.30 bits per heavy atom. The second kappa shape index (κ2) is 6.43. The highest BCUT2D eigenvalue weighted by Crippen LogP contribution is 2.38. The maximum absolute atomic E-state index is 12.3. The van der Waals surface area contributed by atoms with Crippen molar-refractivity contribution in [3.05, 3.63) is 59.3 Å². The SMILES string of the molecule is CC(C)n1c(=O)[nH]cc(Oc2c(Cl)cc([N+](=O)[O-])cc2Cl)c1=O. The molecule has 0 bridgehead atoms. The summed E-state index contributed by atoms with van der Waals surface area (Å²) in [6.07, 6.45) is 1.08. The number of halogens is 2. The van der Waals surface area contributed by atoms with E-state index in [1.807, 2.05) is 0 Å². The number of benzene rings is 1. The Bertz CT molecular complexity index is 865. The van der Waals surface area contributed by atoms with Crippen LogP contribution in [-0.2, 0) is 0 Å². The van der Waals surface area contributed by atoms with E-state index in [4.69, 9.17) is 27.9 Å². The van der Waals surface area contributed by atoms with E-state index >= 15 is 0 Å². The third kappa shape index (κ3) is 3.38. The van der Waals surface area contributed by atoms with Gasteiger partial charge in [-0.3, -0.25) is 19.5 Å². The molecule has 23 heavy (non-hydrogen) atoms. The van der Waals surface area contributed by atoms with E-state index in [9.17, 15) is 19.7 Å². The van der Waals surface area contributed by atoms with E-state index in [2.05, 4.69) is 4.98 Å². The molecule has 0 saturated carbocycles. The molecule has 0 aliphatic rings. The summed E-state index contributed by atoms with van der Waals surface area (Å²) in [6.45, 7) is 3.32. The normalized spacial score (nSPS) is 10.8. The molecule has 122 valence electrons. The number of aromatic nitrogens is 2. The summed E-state index contributed by atoms with van der Waals surface area (Å²) in [6, 6.07) is 1.71. The molecule has 0 spiro atoms. The lowest BCUT2D eigenvalue weighted by atomic mass is 10.3. The first-order valence-corrected chi connectivity index (χ1v) is 7.13. The van der Waals surface area contributed by atoms with Gasteiger partial charge in [-0.2, -0.15) is 0 Å². The molecule has 0 aliphatic carbocycles. The Morgan fingerprint density at radius 1 is 1.26 bits per heavy atom. The van der Waals surface area contributed by atoms with Gasteiger partial charge >= 0.3 is 5.69 Å². The van der Waals surface area contributed by atoms with Gasteiger partial charge in [0.1, 0.15) is 0 Å². The molecule has 0 unspecified atom stereocenters. The fourth-order valence-electron chi connectivity index (χ4n) is 1.87. The quantitative estimate of drug-likeness (QED) is 0.666. The predicted molar refractivity (Wildman–Crippen MR) is 84.9 cm³/mol. The molecular weight excluding hydrogens is 349 g/mol. The van der Waals surface area contributed by atoms with Gasteiger partial charge in [0.15, 0.2) is 5.75 Å². The van der Waals surface area contributed by atoms with Crippen molar-refractivity contribution in [2.45, 2.75) is 19.9 Å². The Morgan fingerprint density at radius 2 is 1.83 bits per heavy atom. The molecule has 8 nitrogen and oxygen atoms in total. The number of non-ortho nitro benzene ring substituents is 1. The van der Waals surface area contributed by atoms with E-state index in [-0.39, 0.29) is 27.2 Å². The average Bonchev–Trinajstić information content (AvgIpc) is 2.44. The number of nitro benzene ring substituents is 1. The smallest absolute Gasteiger partial charge is 0.328 e. The molecule has 0 atom stereocenters. The van der Waals surface area contributed by atoms with Crippen LogP contribution in [0.5, 0.6) is 11.5 Å². The number of aromatic amines is 1. The molecule has 0 amide bonds. The van der Waals surface area contributed by atoms with Gasteiger partial charge in [0.25, 0.3) is 11.2 Å². The largest absolute Gasteiger partial charge is 0.447 e. The first-order valence-electron chi connectivity index (χ1n) is 6.38. The molecule has 0 radical (unpaired) electrons. The Labute approximate surface area is 139 Å². The van der Waals surface area contributed by atoms with Crippen molar-refractivity contribution in [1.82, 2.24) is 9.55 Å². The molecule has 0 saturated heterocycles. The lowest BCUT2D eigenvalue weighted by Crippen LogP contribution is -2.36. The highest BCUT2D eigenvalue weighted by atomic mass is 35.5. The molecule has 2 aromatic rings. The standard InChI is InChI=1S/C13H11Cl2N3O5/c1-6(2)17-12(19)10(5-16-13(17)20)23-11-8(14)3-7(18(21)22)4-9(11)15/h3-6H,1-2H3,(H,16,20). The Kier molecular flexibility index (Phi) is 4.76. The highest BCUT2D eigenvalue weighted by Gasteiger charge is 2.19. The van der Waals surface area contributed by atoms with E-state index in [1.54, 1.807) is 13.8 Å². The lowest BCUT2D eigenvalue weighted by Gasteiger charge is -2.12. The molecule has 0 fully saturated rings. The van der Waals surface area contributed by atoms with Crippen molar-refractivity contribution in [2.24, 2.45) is 0 Å². The average molecular weight is 360 g/mol. The number of hydrogen-bond donors (Lipinski definition) is 1. The second-order valence-electron chi connectivity index (χ2n) is 4.82. The van der Waals surface area contributed by atoms with Crippen LogP contribution < -0.4 is 16.0 Å². The van der Waals surface area contributed by atoms with Crippen LogP contribution in [0.25, 0.3) is 0 Å².